The molecule has 0 spiro atoms. The molecule has 0 radical (unpaired) electrons. The minimum atomic E-state index is 0.392. The highest BCUT2D eigenvalue weighted by Crippen LogP contribution is 2.22. The number of nitrogens with one attached hydrogen (secondary N) is 1. The maximum absolute atomic E-state index is 5.61. The van der Waals surface area contributed by atoms with E-state index in [0.29, 0.717) is 6.10 Å². The van der Waals surface area contributed by atoms with Crippen molar-refractivity contribution in [3.63, 3.8) is 0 Å². The van der Waals surface area contributed by atoms with Gasteiger partial charge in [-0.3, -0.25) is 0 Å². The first-order chi connectivity index (χ1) is 8.16. The van der Waals surface area contributed by atoms with E-state index in [-0.39, 0.29) is 0 Å². The van der Waals surface area contributed by atoms with Crippen molar-refractivity contribution in [3.05, 3.63) is 23.8 Å². The zero-order chi connectivity index (χ0) is 12.3. The van der Waals surface area contributed by atoms with Gasteiger partial charge in [-0.25, -0.2) is 0 Å². The van der Waals surface area contributed by atoms with Gasteiger partial charge in [-0.05, 0) is 43.5 Å². The van der Waals surface area contributed by atoms with E-state index in [9.17, 15) is 0 Å². The minimum Gasteiger partial charge on any atom is -0.382 e. The molecule has 0 amide bonds. The summed E-state index contributed by atoms with van der Waals surface area (Å²) in [5.41, 5.74) is 3.74. The highest BCUT2D eigenvalue weighted by molar-refractivity contribution is 5.59. The molecule has 1 fully saturated rings. The number of rotatable bonds is 4. The molecule has 94 valence electrons. The average Bonchev–Trinajstić information content (AvgIpc) is 2.80. The second-order valence-corrected chi connectivity index (χ2v) is 4.91. The van der Waals surface area contributed by atoms with Crippen molar-refractivity contribution < 1.29 is 4.74 Å². The smallest absolute Gasteiger partial charge is 0.0748 e. The van der Waals surface area contributed by atoms with Crippen LogP contribution in [0.4, 0.5) is 11.4 Å². The van der Waals surface area contributed by atoms with Crippen LogP contribution in [0.5, 0.6) is 0 Å². The van der Waals surface area contributed by atoms with E-state index in [4.69, 9.17) is 4.74 Å². The van der Waals surface area contributed by atoms with Crippen molar-refractivity contribution in [2.45, 2.75) is 25.9 Å². The molecule has 0 saturated carbocycles. The van der Waals surface area contributed by atoms with E-state index in [1.54, 1.807) is 0 Å². The summed E-state index contributed by atoms with van der Waals surface area (Å²) in [6.45, 7) is 3.98. The van der Waals surface area contributed by atoms with Crippen LogP contribution in [0.3, 0.4) is 0 Å². The Morgan fingerprint density at radius 2 is 2.24 bits per heavy atom. The fraction of sp³-hybridized carbons (Fsp3) is 0.571. The Bertz CT molecular complexity index is 370. The molecule has 3 heteroatoms. The van der Waals surface area contributed by atoms with Crippen molar-refractivity contribution in [2.75, 3.05) is 37.5 Å². The van der Waals surface area contributed by atoms with E-state index in [1.807, 2.05) is 0 Å². The summed E-state index contributed by atoms with van der Waals surface area (Å²) in [6.07, 6.45) is 2.77. The lowest BCUT2D eigenvalue weighted by Crippen LogP contribution is -2.19. The maximum Gasteiger partial charge on any atom is 0.0748 e. The molecular formula is C14H22N2O. The van der Waals surface area contributed by atoms with E-state index in [2.05, 4.69) is 49.4 Å². The summed E-state index contributed by atoms with van der Waals surface area (Å²) >= 11 is 0. The fourth-order valence-corrected chi connectivity index (χ4v) is 2.15. The molecule has 1 aliphatic rings. The van der Waals surface area contributed by atoms with Gasteiger partial charge in [-0.15, -0.1) is 0 Å². The molecule has 1 aliphatic heterocycles. The third kappa shape index (κ3) is 3.13. The lowest BCUT2D eigenvalue weighted by atomic mass is 10.1. The van der Waals surface area contributed by atoms with Crippen LogP contribution in [0.1, 0.15) is 18.4 Å². The molecule has 0 aromatic heterocycles. The third-order valence-corrected chi connectivity index (χ3v) is 3.27. The van der Waals surface area contributed by atoms with Crippen molar-refractivity contribution in [3.8, 4) is 0 Å². The summed E-state index contributed by atoms with van der Waals surface area (Å²) < 4.78 is 5.61. The molecule has 3 nitrogen and oxygen atoms in total. The standard InChI is InChI=1S/C14H22N2O/c1-11-9-12(16(2)3)6-7-14(11)15-10-13-5-4-8-17-13/h6-7,9,13,15H,4-5,8,10H2,1-3H3. The van der Waals surface area contributed by atoms with Crippen LogP contribution >= 0.6 is 0 Å². The normalized spacial score (nSPS) is 19.4. The fourth-order valence-electron chi connectivity index (χ4n) is 2.15. The summed E-state index contributed by atoms with van der Waals surface area (Å²) in [5.74, 6) is 0. The zero-order valence-corrected chi connectivity index (χ0v) is 11.0. The zero-order valence-electron chi connectivity index (χ0n) is 11.0. The largest absolute Gasteiger partial charge is 0.382 e. The third-order valence-electron chi connectivity index (χ3n) is 3.27. The first kappa shape index (κ1) is 12.2. The number of anilines is 2. The van der Waals surface area contributed by atoms with Gasteiger partial charge in [0.15, 0.2) is 0 Å². The van der Waals surface area contributed by atoms with Gasteiger partial charge >= 0.3 is 0 Å². The Balaban J connectivity index is 1.96. The van der Waals surface area contributed by atoms with Gasteiger partial charge in [-0.1, -0.05) is 0 Å². The Morgan fingerprint density at radius 1 is 1.41 bits per heavy atom. The Morgan fingerprint density at radius 3 is 2.82 bits per heavy atom. The van der Waals surface area contributed by atoms with Crippen LogP contribution in [0.2, 0.25) is 0 Å². The van der Waals surface area contributed by atoms with Gasteiger partial charge < -0.3 is 15.0 Å². The van der Waals surface area contributed by atoms with E-state index in [1.165, 1.54) is 29.8 Å². The van der Waals surface area contributed by atoms with Gasteiger partial charge in [-0.2, -0.15) is 0 Å². The summed E-state index contributed by atoms with van der Waals surface area (Å²) in [6, 6.07) is 6.50. The first-order valence-electron chi connectivity index (χ1n) is 6.30. The van der Waals surface area contributed by atoms with E-state index < -0.39 is 0 Å². The lowest BCUT2D eigenvalue weighted by molar-refractivity contribution is 0.120. The summed E-state index contributed by atoms with van der Waals surface area (Å²) in [7, 11) is 4.13. The van der Waals surface area contributed by atoms with Crippen LogP contribution in [-0.4, -0.2) is 33.4 Å². The Kier molecular flexibility index (Phi) is 3.89. The summed E-state index contributed by atoms with van der Waals surface area (Å²) in [5, 5.41) is 3.48. The molecule has 1 saturated heterocycles. The molecule has 2 rings (SSSR count). The molecule has 0 aliphatic carbocycles. The Hall–Kier alpha value is -1.22. The molecule has 1 aromatic carbocycles. The van der Waals surface area contributed by atoms with Crippen LogP contribution in [-0.2, 0) is 4.74 Å². The number of hydrogen-bond donors (Lipinski definition) is 1. The quantitative estimate of drug-likeness (QED) is 0.866. The molecule has 1 unspecified atom stereocenters. The molecule has 1 aromatic rings. The molecule has 17 heavy (non-hydrogen) atoms. The predicted octanol–water partition coefficient (Wildman–Crippen LogP) is 2.65. The lowest BCUT2D eigenvalue weighted by Gasteiger charge is -2.17. The minimum absolute atomic E-state index is 0.392. The van der Waals surface area contributed by atoms with Crippen molar-refractivity contribution in [2.24, 2.45) is 0 Å². The van der Waals surface area contributed by atoms with Crippen molar-refractivity contribution >= 4 is 11.4 Å². The van der Waals surface area contributed by atoms with Crippen LogP contribution in [0.15, 0.2) is 18.2 Å². The van der Waals surface area contributed by atoms with Crippen LogP contribution < -0.4 is 10.2 Å². The SMILES string of the molecule is Cc1cc(N(C)C)ccc1NCC1CCCO1. The topological polar surface area (TPSA) is 24.5 Å². The molecular weight excluding hydrogens is 212 g/mol. The monoisotopic (exact) mass is 234 g/mol. The first-order valence-corrected chi connectivity index (χ1v) is 6.30. The maximum atomic E-state index is 5.61. The highest BCUT2D eigenvalue weighted by atomic mass is 16.5. The number of nitrogens with zero attached hydrogens (tertiary/aromatic N) is 1. The van der Waals surface area contributed by atoms with Gasteiger partial charge in [0.25, 0.3) is 0 Å². The molecule has 0 bridgehead atoms. The second kappa shape index (κ2) is 5.41. The second-order valence-electron chi connectivity index (χ2n) is 4.91. The predicted molar refractivity (Wildman–Crippen MR) is 73.0 cm³/mol. The van der Waals surface area contributed by atoms with Gasteiger partial charge in [0.05, 0.1) is 6.10 Å². The average molecular weight is 234 g/mol. The van der Waals surface area contributed by atoms with Gasteiger partial charge in [0.1, 0.15) is 0 Å². The van der Waals surface area contributed by atoms with E-state index in [0.717, 1.165) is 13.2 Å². The molecule has 1 heterocycles. The Labute approximate surface area is 104 Å². The summed E-state index contributed by atoms with van der Waals surface area (Å²) in [4.78, 5) is 2.12. The number of hydrogen-bond acceptors (Lipinski definition) is 3. The van der Waals surface area contributed by atoms with Crippen molar-refractivity contribution in [1.82, 2.24) is 0 Å². The molecule has 1 atom stereocenters. The number of ether oxygens (including phenoxy) is 1. The van der Waals surface area contributed by atoms with Crippen LogP contribution in [0, 0.1) is 6.92 Å². The number of aryl methyl sites for hydroxylation is 1. The molecule has 1 N–H and O–H groups in total. The number of benzene rings is 1. The van der Waals surface area contributed by atoms with E-state index >= 15 is 0 Å². The van der Waals surface area contributed by atoms with Crippen molar-refractivity contribution in [1.29, 1.82) is 0 Å². The van der Waals surface area contributed by atoms with Gasteiger partial charge in [0, 0.05) is 38.6 Å². The van der Waals surface area contributed by atoms with Crippen LogP contribution in [0.25, 0.3) is 0 Å². The highest BCUT2D eigenvalue weighted by Gasteiger charge is 2.15. The van der Waals surface area contributed by atoms with Gasteiger partial charge in [0.2, 0.25) is 0 Å².